The van der Waals surface area contributed by atoms with Crippen LogP contribution in [-0.4, -0.2) is 22.6 Å². The van der Waals surface area contributed by atoms with E-state index in [9.17, 15) is 9.59 Å². The van der Waals surface area contributed by atoms with E-state index in [2.05, 4.69) is 34.6 Å². The summed E-state index contributed by atoms with van der Waals surface area (Å²) >= 11 is 0. The first-order chi connectivity index (χ1) is 18.3. The summed E-state index contributed by atoms with van der Waals surface area (Å²) in [4.78, 5) is 23.1. The van der Waals surface area contributed by atoms with Crippen LogP contribution in [0.25, 0.3) is 0 Å². The molecule has 5 heteroatoms. The van der Waals surface area contributed by atoms with E-state index in [1.807, 2.05) is 20.8 Å². The Morgan fingerprint density at radius 2 is 1.44 bits per heavy atom. The van der Waals surface area contributed by atoms with Crippen molar-refractivity contribution in [3.8, 4) is 11.5 Å². The van der Waals surface area contributed by atoms with Crippen molar-refractivity contribution < 1.29 is 24.2 Å². The maximum atomic E-state index is 12.4. The number of hydrogen-bond acceptors (Lipinski definition) is 4. The van der Waals surface area contributed by atoms with Gasteiger partial charge in [-0.1, -0.05) is 72.6 Å². The molecule has 0 aliphatic carbocycles. The SMILES string of the molecule is Cc1c(C)c2c(c(C)c1OC(=O)CCCC(=O)O)CC[C@@](C)(CCC[C@H](C)CCC[C@H](C)CCCC(C)C)O2. The number of aliphatic carboxylic acids is 1. The van der Waals surface area contributed by atoms with Crippen molar-refractivity contribution in [3.63, 3.8) is 0 Å². The molecule has 5 nitrogen and oxygen atoms in total. The number of rotatable bonds is 17. The van der Waals surface area contributed by atoms with E-state index in [4.69, 9.17) is 14.6 Å². The summed E-state index contributed by atoms with van der Waals surface area (Å²) in [6, 6.07) is 0. The van der Waals surface area contributed by atoms with Crippen LogP contribution in [0.15, 0.2) is 0 Å². The Morgan fingerprint density at radius 1 is 0.846 bits per heavy atom. The summed E-state index contributed by atoms with van der Waals surface area (Å²) in [5.74, 6) is 2.73. The van der Waals surface area contributed by atoms with Gasteiger partial charge < -0.3 is 14.6 Å². The first kappa shape index (κ1) is 33.2. The average molecular weight is 545 g/mol. The Bertz CT molecular complexity index is 950. The highest BCUT2D eigenvalue weighted by molar-refractivity contribution is 5.75. The van der Waals surface area contributed by atoms with E-state index in [1.165, 1.54) is 51.4 Å². The summed E-state index contributed by atoms with van der Waals surface area (Å²) in [6.45, 7) is 17.7. The molecule has 0 spiro atoms. The van der Waals surface area contributed by atoms with Crippen molar-refractivity contribution in [1.29, 1.82) is 0 Å². The van der Waals surface area contributed by atoms with Gasteiger partial charge in [0.2, 0.25) is 0 Å². The highest BCUT2D eigenvalue weighted by Crippen LogP contribution is 2.45. The molecule has 0 fully saturated rings. The predicted molar refractivity (Wildman–Crippen MR) is 160 cm³/mol. The van der Waals surface area contributed by atoms with Crippen molar-refractivity contribution in [2.75, 3.05) is 0 Å². The molecule has 3 atom stereocenters. The Hall–Kier alpha value is -2.04. The lowest BCUT2D eigenvalue weighted by molar-refractivity contribution is -0.137. The summed E-state index contributed by atoms with van der Waals surface area (Å²) < 4.78 is 12.4. The second-order valence-electron chi connectivity index (χ2n) is 13.1. The lowest BCUT2D eigenvalue weighted by atomic mass is 9.83. The van der Waals surface area contributed by atoms with Gasteiger partial charge in [-0.3, -0.25) is 9.59 Å². The van der Waals surface area contributed by atoms with Crippen LogP contribution in [0.2, 0.25) is 0 Å². The highest BCUT2D eigenvalue weighted by Gasteiger charge is 2.34. The second kappa shape index (κ2) is 15.7. The minimum absolute atomic E-state index is 0.0285. The zero-order valence-corrected chi connectivity index (χ0v) is 26.2. The molecule has 2 rings (SSSR count). The number of carboxylic acids is 1. The summed E-state index contributed by atoms with van der Waals surface area (Å²) in [5.41, 5.74) is 3.89. The number of benzene rings is 1. The molecule has 0 aromatic heterocycles. The standard InChI is InChI=1S/C34H56O5/c1-23(2)13-9-14-24(3)15-10-16-25(4)17-12-21-34(8)22-20-29-28(7)32(26(5)27(6)33(29)39-34)38-31(37)19-11-18-30(35)36/h23-25H,9-22H2,1-8H3,(H,35,36)/t24-,25-,34-/m1/s1. The molecule has 0 radical (unpaired) electrons. The molecule has 222 valence electrons. The molecule has 0 saturated heterocycles. The van der Waals surface area contributed by atoms with Crippen molar-refractivity contribution >= 4 is 11.9 Å². The van der Waals surface area contributed by atoms with Crippen LogP contribution in [0.4, 0.5) is 0 Å². The van der Waals surface area contributed by atoms with E-state index in [0.29, 0.717) is 5.75 Å². The fourth-order valence-electron chi connectivity index (χ4n) is 5.96. The van der Waals surface area contributed by atoms with Gasteiger partial charge in [0.05, 0.1) is 0 Å². The van der Waals surface area contributed by atoms with Crippen LogP contribution in [0, 0.1) is 38.5 Å². The normalized spacial score (nSPS) is 18.4. The zero-order valence-electron chi connectivity index (χ0n) is 26.2. The smallest absolute Gasteiger partial charge is 0.311 e. The molecule has 0 amide bonds. The number of carbonyl (C=O) groups is 2. The Morgan fingerprint density at radius 3 is 2.03 bits per heavy atom. The summed E-state index contributed by atoms with van der Waals surface area (Å²) in [5, 5.41) is 8.82. The number of hydrogen-bond donors (Lipinski definition) is 1. The lowest BCUT2D eigenvalue weighted by Crippen LogP contribution is -2.37. The molecule has 1 aromatic rings. The maximum Gasteiger partial charge on any atom is 0.311 e. The van der Waals surface area contributed by atoms with Gasteiger partial charge in [0, 0.05) is 18.4 Å². The van der Waals surface area contributed by atoms with Gasteiger partial charge in [0.15, 0.2) is 0 Å². The molecule has 1 aromatic carbocycles. The van der Waals surface area contributed by atoms with Gasteiger partial charge in [-0.15, -0.1) is 0 Å². The van der Waals surface area contributed by atoms with E-state index >= 15 is 0 Å². The topological polar surface area (TPSA) is 72.8 Å². The summed E-state index contributed by atoms with van der Waals surface area (Å²) in [7, 11) is 0. The van der Waals surface area contributed by atoms with Gasteiger partial charge in [-0.05, 0) is 94.2 Å². The average Bonchev–Trinajstić information content (AvgIpc) is 2.84. The van der Waals surface area contributed by atoms with Crippen LogP contribution in [0.5, 0.6) is 11.5 Å². The van der Waals surface area contributed by atoms with Gasteiger partial charge in [-0.2, -0.15) is 0 Å². The van der Waals surface area contributed by atoms with Gasteiger partial charge in [-0.25, -0.2) is 0 Å². The zero-order chi connectivity index (χ0) is 29.2. The minimum Gasteiger partial charge on any atom is -0.487 e. The Labute approximate surface area is 238 Å². The first-order valence-electron chi connectivity index (χ1n) is 15.6. The van der Waals surface area contributed by atoms with E-state index in [-0.39, 0.29) is 30.8 Å². The van der Waals surface area contributed by atoms with Crippen LogP contribution < -0.4 is 9.47 Å². The van der Waals surface area contributed by atoms with Crippen LogP contribution in [0.1, 0.15) is 140 Å². The molecule has 0 unspecified atom stereocenters. The summed E-state index contributed by atoms with van der Waals surface area (Å²) in [6.07, 6.45) is 13.8. The van der Waals surface area contributed by atoms with Crippen molar-refractivity contribution in [1.82, 2.24) is 0 Å². The molecule has 0 saturated carbocycles. The lowest BCUT2D eigenvalue weighted by Gasteiger charge is -2.38. The van der Waals surface area contributed by atoms with E-state index in [1.54, 1.807) is 0 Å². The second-order valence-corrected chi connectivity index (χ2v) is 13.1. The maximum absolute atomic E-state index is 12.4. The fourth-order valence-corrected chi connectivity index (χ4v) is 5.96. The molecule has 0 bridgehead atoms. The molecular weight excluding hydrogens is 488 g/mol. The number of carbonyl (C=O) groups excluding carboxylic acids is 1. The van der Waals surface area contributed by atoms with Gasteiger partial charge >= 0.3 is 11.9 Å². The molecule has 1 aliphatic rings. The van der Waals surface area contributed by atoms with E-state index in [0.717, 1.165) is 65.0 Å². The third-order valence-corrected chi connectivity index (χ3v) is 8.83. The third-order valence-electron chi connectivity index (χ3n) is 8.83. The Balaban J connectivity index is 1.86. The highest BCUT2D eigenvalue weighted by atomic mass is 16.5. The monoisotopic (exact) mass is 544 g/mol. The quantitative estimate of drug-likeness (QED) is 0.156. The van der Waals surface area contributed by atoms with Crippen LogP contribution in [0.3, 0.4) is 0 Å². The van der Waals surface area contributed by atoms with Crippen molar-refractivity contribution in [2.24, 2.45) is 17.8 Å². The van der Waals surface area contributed by atoms with Crippen LogP contribution >= 0.6 is 0 Å². The Kier molecular flexibility index (Phi) is 13.3. The number of esters is 1. The number of carboxylic acid groups (broad SMARTS) is 1. The van der Waals surface area contributed by atoms with E-state index < -0.39 is 5.97 Å². The number of ether oxygens (including phenoxy) is 2. The first-order valence-corrected chi connectivity index (χ1v) is 15.6. The minimum atomic E-state index is -0.896. The molecule has 1 aliphatic heterocycles. The van der Waals surface area contributed by atoms with Crippen molar-refractivity contribution in [2.45, 2.75) is 151 Å². The fraction of sp³-hybridized carbons (Fsp3) is 0.765. The van der Waals surface area contributed by atoms with Crippen molar-refractivity contribution in [3.05, 3.63) is 22.3 Å². The third kappa shape index (κ3) is 10.8. The molecular formula is C34H56O5. The largest absolute Gasteiger partial charge is 0.487 e. The van der Waals surface area contributed by atoms with Gasteiger partial charge in [0.1, 0.15) is 17.1 Å². The number of fused-ring (bicyclic) bond motifs is 1. The molecule has 1 heterocycles. The van der Waals surface area contributed by atoms with Crippen LogP contribution in [-0.2, 0) is 16.0 Å². The molecule has 39 heavy (non-hydrogen) atoms. The van der Waals surface area contributed by atoms with Gasteiger partial charge in [0.25, 0.3) is 0 Å². The molecule has 1 N–H and O–H groups in total. The predicted octanol–water partition coefficient (Wildman–Crippen LogP) is 9.29.